The zero-order chi connectivity index (χ0) is 19.7. The van der Waals surface area contributed by atoms with Crippen LogP contribution >= 0.6 is 11.3 Å². The fraction of sp³-hybridized carbons (Fsp3) is 0.545. The maximum atomic E-state index is 13.1. The quantitative estimate of drug-likeness (QED) is 0.757. The van der Waals surface area contributed by atoms with E-state index in [1.54, 1.807) is 18.4 Å². The third-order valence-electron chi connectivity index (χ3n) is 5.75. The number of piperidine rings is 1. The Hall–Kier alpha value is -2.08. The predicted octanol–water partition coefficient (Wildman–Crippen LogP) is 4.54. The van der Waals surface area contributed by atoms with Crippen molar-refractivity contribution in [3.63, 3.8) is 0 Å². The van der Waals surface area contributed by atoms with Gasteiger partial charge in [0.1, 0.15) is 5.75 Å². The van der Waals surface area contributed by atoms with E-state index in [4.69, 9.17) is 9.72 Å². The first kappa shape index (κ1) is 19.2. The topological polar surface area (TPSA) is 45.7 Å². The number of likely N-dealkylation sites (tertiary alicyclic amines) is 1. The van der Waals surface area contributed by atoms with Gasteiger partial charge in [-0.25, -0.2) is 4.98 Å². The number of carbonyl (C=O) groups is 1. The highest BCUT2D eigenvalue weighted by Gasteiger charge is 2.27. The number of nitrogens with zero attached hydrogens (tertiary/aromatic N) is 3. The molecule has 6 heteroatoms. The Morgan fingerprint density at radius 3 is 2.57 bits per heavy atom. The second kappa shape index (κ2) is 8.11. The molecule has 0 bridgehead atoms. The maximum absolute atomic E-state index is 13.1. The predicted molar refractivity (Wildman–Crippen MR) is 114 cm³/mol. The number of methoxy groups -OCH3 is 1. The first-order valence-corrected chi connectivity index (χ1v) is 11.1. The van der Waals surface area contributed by atoms with Crippen LogP contribution in [-0.2, 0) is 0 Å². The molecule has 2 aliphatic rings. The summed E-state index contributed by atoms with van der Waals surface area (Å²) in [7, 11) is 1.67. The van der Waals surface area contributed by atoms with E-state index in [-0.39, 0.29) is 5.91 Å². The van der Waals surface area contributed by atoms with Gasteiger partial charge in [-0.05, 0) is 49.3 Å². The van der Waals surface area contributed by atoms with Crippen LogP contribution in [0.25, 0.3) is 11.3 Å². The molecule has 5 nitrogen and oxygen atoms in total. The summed E-state index contributed by atoms with van der Waals surface area (Å²) in [4.78, 5) is 22.3. The van der Waals surface area contributed by atoms with Crippen molar-refractivity contribution in [1.82, 2.24) is 9.88 Å². The summed E-state index contributed by atoms with van der Waals surface area (Å²) < 4.78 is 5.57. The molecule has 0 radical (unpaired) electrons. The van der Waals surface area contributed by atoms with Gasteiger partial charge in [0.15, 0.2) is 5.13 Å². The van der Waals surface area contributed by atoms with Crippen LogP contribution in [0.2, 0.25) is 0 Å². The third kappa shape index (κ3) is 3.88. The van der Waals surface area contributed by atoms with E-state index in [0.717, 1.165) is 48.3 Å². The number of benzene rings is 1. The van der Waals surface area contributed by atoms with E-state index >= 15 is 0 Å². The third-order valence-corrected chi connectivity index (χ3v) is 6.65. The minimum atomic E-state index is 0.109. The van der Waals surface area contributed by atoms with E-state index < -0.39 is 0 Å². The highest BCUT2D eigenvalue weighted by molar-refractivity contribution is 7.14. The van der Waals surface area contributed by atoms with Gasteiger partial charge in [-0.2, -0.15) is 0 Å². The van der Waals surface area contributed by atoms with Crippen LogP contribution in [0.4, 0.5) is 5.13 Å². The van der Waals surface area contributed by atoms with Crippen molar-refractivity contribution in [1.29, 1.82) is 0 Å². The Kier molecular flexibility index (Phi) is 5.58. The van der Waals surface area contributed by atoms with Crippen molar-refractivity contribution >= 4 is 22.4 Å². The van der Waals surface area contributed by atoms with Crippen molar-refractivity contribution in [2.24, 2.45) is 11.8 Å². The van der Waals surface area contributed by atoms with Gasteiger partial charge in [0, 0.05) is 42.7 Å². The molecule has 1 aromatic carbocycles. The van der Waals surface area contributed by atoms with Gasteiger partial charge >= 0.3 is 0 Å². The first-order chi connectivity index (χ1) is 13.5. The van der Waals surface area contributed by atoms with Crippen molar-refractivity contribution in [2.75, 3.05) is 38.2 Å². The first-order valence-electron chi connectivity index (χ1n) is 10.2. The SMILES string of the molecule is COc1ccc(C(=O)N2CC(C)CC(C)C2)cc1-c1csc(N2CCCC2)n1. The van der Waals surface area contributed by atoms with Crippen LogP contribution in [0.5, 0.6) is 5.75 Å². The lowest BCUT2D eigenvalue weighted by molar-refractivity contribution is 0.0623. The summed E-state index contributed by atoms with van der Waals surface area (Å²) >= 11 is 1.67. The van der Waals surface area contributed by atoms with E-state index in [9.17, 15) is 4.79 Å². The molecule has 3 heterocycles. The fourth-order valence-electron chi connectivity index (χ4n) is 4.49. The lowest BCUT2D eigenvalue weighted by atomic mass is 9.91. The Morgan fingerprint density at radius 1 is 1.18 bits per heavy atom. The molecular weight excluding hydrogens is 370 g/mol. The number of amides is 1. The van der Waals surface area contributed by atoms with E-state index in [2.05, 4.69) is 24.1 Å². The number of aromatic nitrogens is 1. The van der Waals surface area contributed by atoms with E-state index in [1.807, 2.05) is 23.1 Å². The summed E-state index contributed by atoms with van der Waals surface area (Å²) in [5.41, 5.74) is 2.50. The van der Waals surface area contributed by atoms with Gasteiger partial charge in [0.2, 0.25) is 0 Å². The fourth-order valence-corrected chi connectivity index (χ4v) is 5.37. The highest BCUT2D eigenvalue weighted by atomic mass is 32.1. The summed E-state index contributed by atoms with van der Waals surface area (Å²) in [5, 5.41) is 3.13. The Balaban J connectivity index is 1.62. The normalized spacial score (nSPS) is 22.5. The number of rotatable bonds is 4. The molecule has 0 spiro atoms. The van der Waals surface area contributed by atoms with E-state index in [1.165, 1.54) is 19.3 Å². The van der Waals surface area contributed by atoms with Gasteiger partial charge < -0.3 is 14.5 Å². The number of hydrogen-bond donors (Lipinski definition) is 0. The van der Waals surface area contributed by atoms with Crippen molar-refractivity contribution in [3.05, 3.63) is 29.1 Å². The van der Waals surface area contributed by atoms with Crippen LogP contribution < -0.4 is 9.64 Å². The minimum Gasteiger partial charge on any atom is -0.496 e. The largest absolute Gasteiger partial charge is 0.496 e. The summed E-state index contributed by atoms with van der Waals surface area (Å²) in [5.74, 6) is 1.96. The second-order valence-electron chi connectivity index (χ2n) is 8.28. The minimum absolute atomic E-state index is 0.109. The van der Waals surface area contributed by atoms with Crippen LogP contribution in [-0.4, -0.2) is 49.1 Å². The lowest BCUT2D eigenvalue weighted by Crippen LogP contribution is -2.42. The van der Waals surface area contributed by atoms with Gasteiger partial charge in [0.25, 0.3) is 5.91 Å². The monoisotopic (exact) mass is 399 g/mol. The molecule has 2 fully saturated rings. The zero-order valence-corrected chi connectivity index (χ0v) is 17.8. The number of ether oxygens (including phenoxy) is 1. The molecule has 150 valence electrons. The van der Waals surface area contributed by atoms with Crippen LogP contribution in [0, 0.1) is 11.8 Å². The molecule has 0 aliphatic carbocycles. The van der Waals surface area contributed by atoms with Crippen LogP contribution in [0.15, 0.2) is 23.6 Å². The molecule has 2 saturated heterocycles. The smallest absolute Gasteiger partial charge is 0.253 e. The summed E-state index contributed by atoms with van der Waals surface area (Å²) in [6, 6.07) is 5.73. The molecule has 2 unspecified atom stereocenters. The molecule has 28 heavy (non-hydrogen) atoms. The van der Waals surface area contributed by atoms with Crippen molar-refractivity contribution in [3.8, 4) is 17.0 Å². The number of hydrogen-bond acceptors (Lipinski definition) is 5. The average molecular weight is 400 g/mol. The van der Waals surface area contributed by atoms with Crippen molar-refractivity contribution in [2.45, 2.75) is 33.1 Å². The average Bonchev–Trinajstić information content (AvgIpc) is 3.37. The van der Waals surface area contributed by atoms with Crippen LogP contribution in [0.1, 0.15) is 43.5 Å². The highest BCUT2D eigenvalue weighted by Crippen LogP contribution is 2.35. The molecular formula is C22H29N3O2S. The number of thiazole rings is 1. The van der Waals surface area contributed by atoms with E-state index in [0.29, 0.717) is 17.4 Å². The Bertz CT molecular complexity index is 834. The van der Waals surface area contributed by atoms with Crippen molar-refractivity contribution < 1.29 is 9.53 Å². The summed E-state index contributed by atoms with van der Waals surface area (Å²) in [6.45, 7) is 8.28. The zero-order valence-electron chi connectivity index (χ0n) is 17.0. The molecule has 1 aromatic heterocycles. The van der Waals surface area contributed by atoms with Gasteiger partial charge in [0.05, 0.1) is 12.8 Å². The molecule has 0 saturated carbocycles. The second-order valence-corrected chi connectivity index (χ2v) is 9.12. The number of anilines is 1. The Labute approximate surface area is 171 Å². The molecule has 1 amide bonds. The Morgan fingerprint density at radius 2 is 1.89 bits per heavy atom. The maximum Gasteiger partial charge on any atom is 0.253 e. The number of carbonyl (C=O) groups excluding carboxylic acids is 1. The molecule has 2 aliphatic heterocycles. The molecule has 4 rings (SSSR count). The summed E-state index contributed by atoms with van der Waals surface area (Å²) in [6.07, 6.45) is 3.65. The van der Waals surface area contributed by atoms with Gasteiger partial charge in [-0.15, -0.1) is 11.3 Å². The van der Waals surface area contributed by atoms with Crippen LogP contribution in [0.3, 0.4) is 0 Å². The standard InChI is InChI=1S/C22H29N3O2S/c1-15-10-16(2)13-25(12-15)21(26)17-6-7-20(27-3)18(11-17)19-14-28-22(23-19)24-8-4-5-9-24/h6-7,11,14-16H,4-5,8-10,12-13H2,1-3H3. The van der Waals surface area contributed by atoms with Gasteiger partial charge in [-0.3, -0.25) is 4.79 Å². The molecule has 2 aromatic rings. The molecule has 2 atom stereocenters. The van der Waals surface area contributed by atoms with Gasteiger partial charge in [-0.1, -0.05) is 13.8 Å². The lowest BCUT2D eigenvalue weighted by Gasteiger charge is -2.35. The molecule has 0 N–H and O–H groups in total.